The van der Waals surface area contributed by atoms with Crippen molar-refractivity contribution in [2.75, 3.05) is 20.6 Å². The van der Waals surface area contributed by atoms with Crippen LogP contribution < -0.4 is 0 Å². The van der Waals surface area contributed by atoms with Crippen LogP contribution in [0.4, 0.5) is 0 Å². The maximum atomic E-state index is 12.5. The van der Waals surface area contributed by atoms with Gasteiger partial charge in [-0.2, -0.15) is 0 Å². The summed E-state index contributed by atoms with van der Waals surface area (Å²) in [6.07, 6.45) is 2.05. The lowest BCUT2D eigenvalue weighted by Crippen LogP contribution is -2.28. The lowest BCUT2D eigenvalue weighted by molar-refractivity contribution is -0.123. The second kappa shape index (κ2) is 7.75. The van der Waals surface area contributed by atoms with Crippen molar-refractivity contribution in [1.82, 2.24) is 4.90 Å². The van der Waals surface area contributed by atoms with Gasteiger partial charge in [-0.15, -0.1) is 0 Å². The zero-order chi connectivity index (χ0) is 15.1. The Morgan fingerprint density at radius 2 is 1.80 bits per heavy atom. The molecule has 0 spiro atoms. The first-order valence-electron chi connectivity index (χ1n) is 6.94. The van der Waals surface area contributed by atoms with Crippen LogP contribution in [0.5, 0.6) is 0 Å². The van der Waals surface area contributed by atoms with E-state index in [-0.39, 0.29) is 17.5 Å². The largest absolute Gasteiger partial charge is 0.309 e. The van der Waals surface area contributed by atoms with Gasteiger partial charge < -0.3 is 4.90 Å². The van der Waals surface area contributed by atoms with Crippen molar-refractivity contribution in [2.24, 2.45) is 5.92 Å². The summed E-state index contributed by atoms with van der Waals surface area (Å²) in [6, 6.07) is 9.50. The van der Waals surface area contributed by atoms with Crippen LogP contribution in [0.15, 0.2) is 35.9 Å². The molecule has 20 heavy (non-hydrogen) atoms. The Morgan fingerprint density at radius 1 is 1.20 bits per heavy atom. The zero-order valence-electron chi connectivity index (χ0n) is 12.7. The molecule has 0 N–H and O–H groups in total. The first-order chi connectivity index (χ1) is 9.45. The highest BCUT2D eigenvalue weighted by molar-refractivity contribution is 6.23. The van der Waals surface area contributed by atoms with Gasteiger partial charge in [-0.3, -0.25) is 9.59 Å². The molecule has 0 heterocycles. The maximum Gasteiger partial charge on any atom is 0.170 e. The molecule has 0 saturated carbocycles. The van der Waals surface area contributed by atoms with Gasteiger partial charge in [0, 0.05) is 18.9 Å². The molecular weight excluding hydrogens is 250 g/mol. The monoisotopic (exact) mass is 273 g/mol. The summed E-state index contributed by atoms with van der Waals surface area (Å²) in [5, 5.41) is 0. The molecule has 0 saturated heterocycles. The van der Waals surface area contributed by atoms with Gasteiger partial charge in [-0.05, 0) is 25.7 Å². The zero-order valence-corrected chi connectivity index (χ0v) is 12.7. The molecule has 0 aliphatic carbocycles. The first-order valence-corrected chi connectivity index (χ1v) is 6.94. The topological polar surface area (TPSA) is 37.4 Å². The molecule has 0 radical (unpaired) electrons. The molecule has 3 heteroatoms. The summed E-state index contributed by atoms with van der Waals surface area (Å²) >= 11 is 0. The van der Waals surface area contributed by atoms with Gasteiger partial charge in [0.25, 0.3) is 0 Å². The van der Waals surface area contributed by atoms with E-state index in [9.17, 15) is 9.59 Å². The van der Waals surface area contributed by atoms with Crippen molar-refractivity contribution in [3.8, 4) is 0 Å². The average molecular weight is 273 g/mol. The van der Waals surface area contributed by atoms with E-state index in [1.807, 2.05) is 56.3 Å². The van der Waals surface area contributed by atoms with Crippen molar-refractivity contribution in [1.29, 1.82) is 0 Å². The molecule has 0 amide bonds. The number of allylic oxidation sites excluding steroid dienone is 1. The third-order valence-corrected chi connectivity index (χ3v) is 3.08. The number of hydrogen-bond donors (Lipinski definition) is 0. The Labute approximate surface area is 121 Å². The highest BCUT2D eigenvalue weighted by Gasteiger charge is 2.22. The fourth-order valence-corrected chi connectivity index (χ4v) is 2.09. The number of carbonyl (C=O) groups excluding carboxylic acids is 2. The second-order valence-corrected chi connectivity index (χ2v) is 5.27. The lowest BCUT2D eigenvalue weighted by Gasteiger charge is -2.17. The number of carbonyl (C=O) groups is 2. The quantitative estimate of drug-likeness (QED) is 0.435. The highest BCUT2D eigenvalue weighted by atomic mass is 16.1. The van der Waals surface area contributed by atoms with Gasteiger partial charge in [-0.1, -0.05) is 44.2 Å². The fourth-order valence-electron chi connectivity index (χ4n) is 2.09. The number of nitrogens with zero attached hydrogens (tertiary/aromatic N) is 1. The molecule has 1 aromatic rings. The summed E-state index contributed by atoms with van der Waals surface area (Å²) in [5.41, 5.74) is 1.20. The predicted molar refractivity (Wildman–Crippen MR) is 82.4 cm³/mol. The minimum atomic E-state index is -0.185. The Hall–Kier alpha value is -1.74. The molecule has 1 atom stereocenters. The minimum Gasteiger partial charge on any atom is -0.309 e. The van der Waals surface area contributed by atoms with Crippen LogP contribution in [-0.2, 0) is 9.59 Å². The predicted octanol–water partition coefficient (Wildman–Crippen LogP) is 2.82. The molecular formula is C17H23NO2. The Bertz CT molecular complexity index is 489. The van der Waals surface area contributed by atoms with Gasteiger partial charge in [0.05, 0.1) is 5.57 Å². The van der Waals surface area contributed by atoms with Crippen LogP contribution in [0.2, 0.25) is 0 Å². The summed E-state index contributed by atoms with van der Waals surface area (Å²) < 4.78 is 0. The van der Waals surface area contributed by atoms with Gasteiger partial charge in [0.15, 0.2) is 11.6 Å². The van der Waals surface area contributed by atoms with Crippen LogP contribution in [0.3, 0.4) is 0 Å². The molecule has 1 rings (SSSR count). The van der Waals surface area contributed by atoms with Crippen molar-refractivity contribution in [2.45, 2.75) is 20.3 Å². The number of Topliss-reactive ketones (excluding diaryl/α,β-unsaturated/α-hetero) is 2. The molecule has 0 aliphatic heterocycles. The van der Waals surface area contributed by atoms with E-state index in [0.29, 0.717) is 18.5 Å². The van der Waals surface area contributed by atoms with E-state index in [4.69, 9.17) is 0 Å². The maximum absolute atomic E-state index is 12.5. The van der Waals surface area contributed by atoms with E-state index in [1.54, 1.807) is 13.0 Å². The Kier molecular flexibility index (Phi) is 6.32. The molecule has 0 unspecified atom stereocenters. The van der Waals surface area contributed by atoms with Crippen molar-refractivity contribution >= 4 is 17.6 Å². The average Bonchev–Trinajstić information content (AvgIpc) is 2.43. The second-order valence-electron chi connectivity index (χ2n) is 5.27. The minimum absolute atomic E-state index is 0.0746. The van der Waals surface area contributed by atoms with Gasteiger partial charge in [0.2, 0.25) is 0 Å². The number of benzene rings is 1. The molecule has 3 nitrogen and oxygen atoms in total. The van der Waals surface area contributed by atoms with Crippen molar-refractivity contribution in [3.05, 3.63) is 41.5 Å². The van der Waals surface area contributed by atoms with Crippen LogP contribution in [0.1, 0.15) is 25.8 Å². The SMILES string of the molecule is CCC(=O)/C(=C/c1ccccc1)C(=O)[C@@H](C)CN(C)C. The molecule has 0 bridgehead atoms. The molecule has 1 aromatic carbocycles. The van der Waals surface area contributed by atoms with E-state index in [2.05, 4.69) is 0 Å². The summed E-state index contributed by atoms with van der Waals surface area (Å²) in [6.45, 7) is 4.29. The van der Waals surface area contributed by atoms with Crippen LogP contribution >= 0.6 is 0 Å². The third kappa shape index (κ3) is 4.74. The third-order valence-electron chi connectivity index (χ3n) is 3.08. The van der Waals surface area contributed by atoms with E-state index in [1.165, 1.54) is 0 Å². The molecule has 108 valence electrons. The van der Waals surface area contributed by atoms with Crippen LogP contribution in [0.25, 0.3) is 6.08 Å². The smallest absolute Gasteiger partial charge is 0.170 e. The van der Waals surface area contributed by atoms with Crippen LogP contribution in [0, 0.1) is 5.92 Å². The summed E-state index contributed by atoms with van der Waals surface area (Å²) in [5.74, 6) is -0.352. The van der Waals surface area contributed by atoms with E-state index in [0.717, 1.165) is 5.56 Å². The Morgan fingerprint density at radius 3 is 2.30 bits per heavy atom. The standard InChI is InChI=1S/C17H23NO2/c1-5-16(19)15(11-14-9-7-6-8-10-14)17(20)13(2)12-18(3)4/h6-11,13H,5,12H2,1-4H3/b15-11-/t13-/m0/s1. The van der Waals surface area contributed by atoms with Gasteiger partial charge >= 0.3 is 0 Å². The lowest BCUT2D eigenvalue weighted by atomic mass is 9.93. The van der Waals surface area contributed by atoms with Gasteiger partial charge in [0.1, 0.15) is 0 Å². The normalized spacial score (nSPS) is 13.3. The molecule has 0 aliphatic rings. The summed E-state index contributed by atoms with van der Waals surface area (Å²) in [7, 11) is 3.85. The van der Waals surface area contributed by atoms with Gasteiger partial charge in [-0.25, -0.2) is 0 Å². The Balaban J connectivity index is 3.04. The fraction of sp³-hybridized carbons (Fsp3) is 0.412. The number of hydrogen-bond acceptors (Lipinski definition) is 3. The number of ketones is 2. The van der Waals surface area contributed by atoms with Crippen molar-refractivity contribution in [3.63, 3.8) is 0 Å². The first kappa shape index (κ1) is 16.3. The van der Waals surface area contributed by atoms with E-state index >= 15 is 0 Å². The van der Waals surface area contributed by atoms with E-state index < -0.39 is 0 Å². The molecule has 0 fully saturated rings. The number of rotatable bonds is 7. The van der Waals surface area contributed by atoms with Crippen LogP contribution in [-0.4, -0.2) is 37.1 Å². The summed E-state index contributed by atoms with van der Waals surface area (Å²) in [4.78, 5) is 26.5. The molecule has 0 aromatic heterocycles. The highest BCUT2D eigenvalue weighted by Crippen LogP contribution is 2.15. The van der Waals surface area contributed by atoms with Crippen molar-refractivity contribution < 1.29 is 9.59 Å².